The van der Waals surface area contributed by atoms with Crippen LogP contribution >= 0.6 is 11.6 Å². The number of esters is 1. The molecule has 6 heteroatoms. The van der Waals surface area contributed by atoms with Crippen molar-refractivity contribution in [3.8, 4) is 0 Å². The van der Waals surface area contributed by atoms with Gasteiger partial charge in [-0.05, 0) is 19.1 Å². The normalized spacial score (nSPS) is 9.44. The third-order valence-electron chi connectivity index (χ3n) is 1.57. The molecule has 2 aromatic rings. The summed E-state index contributed by atoms with van der Waals surface area (Å²) in [5, 5.41) is 4.43. The maximum Gasteiger partial charge on any atom is 0.302 e. The van der Waals surface area contributed by atoms with Gasteiger partial charge in [0.2, 0.25) is 0 Å². The first kappa shape index (κ1) is 12.4. The van der Waals surface area contributed by atoms with E-state index in [4.69, 9.17) is 11.6 Å². The van der Waals surface area contributed by atoms with Crippen LogP contribution in [0.1, 0.15) is 13.8 Å². The number of nitrogens with zero attached hydrogens (tertiary/aromatic N) is 3. The molecule has 0 radical (unpaired) electrons. The lowest BCUT2D eigenvalue weighted by Crippen LogP contribution is -1.95. The minimum atomic E-state index is -0.211. The molecular formula is C10H12ClN3O2. The molecule has 86 valence electrons. The summed E-state index contributed by atoms with van der Waals surface area (Å²) in [4.78, 5) is 13.8. The fourth-order valence-electron chi connectivity index (χ4n) is 0.995. The fraction of sp³-hybridized carbons (Fsp3) is 0.300. The highest BCUT2D eigenvalue weighted by molar-refractivity contribution is 6.29. The Kier molecular flexibility index (Phi) is 4.72. The minimum Gasteiger partial charge on any atom is -0.466 e. The van der Waals surface area contributed by atoms with Gasteiger partial charge in [-0.3, -0.25) is 4.79 Å². The molecule has 0 saturated carbocycles. The van der Waals surface area contributed by atoms with E-state index in [9.17, 15) is 4.79 Å². The third kappa shape index (κ3) is 3.86. The number of carbonyl (C=O) groups is 1. The summed E-state index contributed by atoms with van der Waals surface area (Å²) >= 11 is 5.62. The molecule has 0 amide bonds. The van der Waals surface area contributed by atoms with Gasteiger partial charge in [0.25, 0.3) is 0 Å². The van der Waals surface area contributed by atoms with Crippen molar-refractivity contribution in [2.75, 3.05) is 6.61 Å². The zero-order chi connectivity index (χ0) is 12.0. The maximum atomic E-state index is 9.82. The largest absolute Gasteiger partial charge is 0.466 e. The SMILES string of the molecule is CCOC(C)=O.Clc1ccc2nccn2n1. The summed E-state index contributed by atoms with van der Waals surface area (Å²) in [6, 6.07) is 3.53. The molecule has 0 aromatic carbocycles. The predicted molar refractivity (Wildman–Crippen MR) is 60.3 cm³/mol. The molecule has 0 bridgehead atoms. The van der Waals surface area contributed by atoms with Gasteiger partial charge >= 0.3 is 5.97 Å². The lowest BCUT2D eigenvalue weighted by molar-refractivity contribution is -0.140. The van der Waals surface area contributed by atoms with E-state index >= 15 is 0 Å². The lowest BCUT2D eigenvalue weighted by Gasteiger charge is -1.90. The lowest BCUT2D eigenvalue weighted by atomic mass is 10.6. The van der Waals surface area contributed by atoms with E-state index < -0.39 is 0 Å². The second kappa shape index (κ2) is 6.07. The topological polar surface area (TPSA) is 56.5 Å². The van der Waals surface area contributed by atoms with E-state index in [1.54, 1.807) is 29.9 Å². The minimum absolute atomic E-state index is 0.211. The molecule has 2 rings (SSSR count). The van der Waals surface area contributed by atoms with E-state index in [-0.39, 0.29) is 5.97 Å². The molecule has 0 fully saturated rings. The van der Waals surface area contributed by atoms with Crippen molar-refractivity contribution in [1.29, 1.82) is 0 Å². The van der Waals surface area contributed by atoms with Gasteiger partial charge in [0.1, 0.15) is 5.15 Å². The Labute approximate surface area is 98.0 Å². The van der Waals surface area contributed by atoms with Crippen molar-refractivity contribution < 1.29 is 9.53 Å². The second-order valence-electron chi connectivity index (χ2n) is 2.81. The standard InChI is InChI=1S/C6H4ClN3.C4H8O2/c7-5-1-2-6-8-3-4-10(6)9-5;1-3-6-4(2)5/h1-4H;3H2,1-2H3. The average molecular weight is 242 g/mol. The number of hydrogen-bond acceptors (Lipinski definition) is 4. The highest BCUT2D eigenvalue weighted by Gasteiger charge is 1.92. The molecule has 16 heavy (non-hydrogen) atoms. The quantitative estimate of drug-likeness (QED) is 0.716. The summed E-state index contributed by atoms with van der Waals surface area (Å²) in [5.41, 5.74) is 0.810. The number of hydrogen-bond donors (Lipinski definition) is 0. The molecule has 0 saturated heterocycles. The number of imidazole rings is 1. The Morgan fingerprint density at radius 3 is 2.88 bits per heavy atom. The van der Waals surface area contributed by atoms with Gasteiger partial charge in [0, 0.05) is 19.3 Å². The number of rotatable bonds is 1. The van der Waals surface area contributed by atoms with E-state index in [2.05, 4.69) is 14.8 Å². The third-order valence-corrected chi connectivity index (χ3v) is 1.77. The van der Waals surface area contributed by atoms with Crippen LogP contribution in [-0.4, -0.2) is 27.2 Å². The molecule has 0 atom stereocenters. The first-order chi connectivity index (χ1) is 7.63. The van der Waals surface area contributed by atoms with Crippen LogP contribution in [0.4, 0.5) is 0 Å². The molecule has 2 heterocycles. The van der Waals surface area contributed by atoms with Gasteiger partial charge in [-0.2, -0.15) is 5.10 Å². The summed E-state index contributed by atoms with van der Waals surface area (Å²) in [6.07, 6.45) is 3.43. The van der Waals surface area contributed by atoms with Gasteiger partial charge in [-0.1, -0.05) is 11.6 Å². The van der Waals surface area contributed by atoms with Crippen LogP contribution in [0, 0.1) is 0 Å². The smallest absolute Gasteiger partial charge is 0.302 e. The Morgan fingerprint density at radius 2 is 2.31 bits per heavy atom. The zero-order valence-corrected chi connectivity index (χ0v) is 9.81. The molecule has 0 aliphatic heterocycles. The molecule has 0 N–H and O–H groups in total. The van der Waals surface area contributed by atoms with Crippen LogP contribution in [0.15, 0.2) is 24.5 Å². The molecule has 0 aliphatic rings. The Morgan fingerprint density at radius 1 is 1.56 bits per heavy atom. The molecule has 0 unspecified atom stereocenters. The van der Waals surface area contributed by atoms with Crippen molar-refractivity contribution in [2.24, 2.45) is 0 Å². The fourth-order valence-corrected chi connectivity index (χ4v) is 1.14. The van der Waals surface area contributed by atoms with Crippen molar-refractivity contribution in [2.45, 2.75) is 13.8 Å². The summed E-state index contributed by atoms with van der Waals surface area (Å²) in [6.45, 7) is 3.65. The Bertz CT molecular complexity index is 470. The number of halogens is 1. The van der Waals surface area contributed by atoms with Crippen LogP contribution in [-0.2, 0) is 9.53 Å². The highest BCUT2D eigenvalue weighted by Crippen LogP contribution is 2.04. The maximum absolute atomic E-state index is 9.82. The first-order valence-electron chi connectivity index (χ1n) is 4.72. The zero-order valence-electron chi connectivity index (χ0n) is 9.05. The van der Waals surface area contributed by atoms with Gasteiger partial charge in [0.15, 0.2) is 5.65 Å². The van der Waals surface area contributed by atoms with E-state index in [0.717, 1.165) is 5.65 Å². The molecule has 5 nitrogen and oxygen atoms in total. The average Bonchev–Trinajstić information content (AvgIpc) is 2.65. The summed E-state index contributed by atoms with van der Waals surface area (Å²) in [5.74, 6) is -0.211. The highest BCUT2D eigenvalue weighted by atomic mass is 35.5. The predicted octanol–water partition coefficient (Wildman–Crippen LogP) is 1.95. The van der Waals surface area contributed by atoms with Crippen molar-refractivity contribution in [1.82, 2.24) is 14.6 Å². The number of ether oxygens (including phenoxy) is 1. The van der Waals surface area contributed by atoms with Crippen LogP contribution in [0.5, 0.6) is 0 Å². The molecule has 0 spiro atoms. The number of aromatic nitrogens is 3. The van der Waals surface area contributed by atoms with E-state index in [1.165, 1.54) is 6.92 Å². The second-order valence-corrected chi connectivity index (χ2v) is 3.20. The number of carbonyl (C=O) groups excluding carboxylic acids is 1. The first-order valence-corrected chi connectivity index (χ1v) is 5.10. The monoisotopic (exact) mass is 241 g/mol. The Hall–Kier alpha value is -1.62. The van der Waals surface area contributed by atoms with Gasteiger partial charge in [-0.15, -0.1) is 0 Å². The van der Waals surface area contributed by atoms with Crippen molar-refractivity contribution in [3.63, 3.8) is 0 Å². The van der Waals surface area contributed by atoms with Gasteiger partial charge in [-0.25, -0.2) is 9.50 Å². The van der Waals surface area contributed by atoms with Crippen molar-refractivity contribution in [3.05, 3.63) is 29.7 Å². The van der Waals surface area contributed by atoms with Crippen molar-refractivity contribution >= 4 is 23.2 Å². The molecule has 0 aliphatic carbocycles. The van der Waals surface area contributed by atoms with Crippen LogP contribution in [0.2, 0.25) is 5.15 Å². The van der Waals surface area contributed by atoms with E-state index in [1.807, 2.05) is 6.07 Å². The van der Waals surface area contributed by atoms with E-state index in [0.29, 0.717) is 11.8 Å². The van der Waals surface area contributed by atoms with Crippen LogP contribution in [0.3, 0.4) is 0 Å². The molecular weight excluding hydrogens is 230 g/mol. The summed E-state index contributed by atoms with van der Waals surface area (Å²) in [7, 11) is 0. The van der Waals surface area contributed by atoms with Gasteiger partial charge < -0.3 is 4.74 Å². The molecule has 2 aromatic heterocycles. The Balaban J connectivity index is 0.000000187. The van der Waals surface area contributed by atoms with Crippen LogP contribution < -0.4 is 0 Å². The number of fused-ring (bicyclic) bond motifs is 1. The summed E-state index contributed by atoms with van der Waals surface area (Å²) < 4.78 is 6.03. The van der Waals surface area contributed by atoms with Gasteiger partial charge in [0.05, 0.1) is 6.61 Å². The van der Waals surface area contributed by atoms with Crippen LogP contribution in [0.25, 0.3) is 5.65 Å².